The molecule has 1 heterocycles. The molecule has 1 aromatic carbocycles. The van der Waals surface area contributed by atoms with Gasteiger partial charge in [-0.25, -0.2) is 9.97 Å². The van der Waals surface area contributed by atoms with Crippen molar-refractivity contribution in [3.8, 4) is 17.3 Å². The standard InChI is InChI=1S/C11H6ClN3/c12-10-4-8(6-13)3-9(5-10)11-1-2-14-7-15-11/h1-5,7H. The lowest BCUT2D eigenvalue weighted by Crippen LogP contribution is -1.85. The molecule has 0 saturated carbocycles. The summed E-state index contributed by atoms with van der Waals surface area (Å²) in [7, 11) is 0. The minimum atomic E-state index is 0.524. The summed E-state index contributed by atoms with van der Waals surface area (Å²) in [6.45, 7) is 0. The van der Waals surface area contributed by atoms with E-state index >= 15 is 0 Å². The molecule has 4 heteroatoms. The Morgan fingerprint density at radius 2 is 2.13 bits per heavy atom. The molecule has 0 spiro atoms. The zero-order chi connectivity index (χ0) is 10.7. The van der Waals surface area contributed by atoms with E-state index < -0.39 is 0 Å². The van der Waals surface area contributed by atoms with E-state index in [1.165, 1.54) is 6.33 Å². The fraction of sp³-hybridized carbons (Fsp3) is 0. The molecule has 0 amide bonds. The highest BCUT2D eigenvalue weighted by atomic mass is 35.5. The molecule has 0 saturated heterocycles. The summed E-state index contributed by atoms with van der Waals surface area (Å²) in [4.78, 5) is 7.91. The monoisotopic (exact) mass is 215 g/mol. The predicted octanol–water partition coefficient (Wildman–Crippen LogP) is 2.67. The molecule has 2 rings (SSSR count). The van der Waals surface area contributed by atoms with Crippen LogP contribution in [-0.2, 0) is 0 Å². The van der Waals surface area contributed by atoms with Crippen molar-refractivity contribution in [3.63, 3.8) is 0 Å². The zero-order valence-corrected chi connectivity index (χ0v) is 8.44. The normalized spacial score (nSPS) is 9.60. The maximum atomic E-state index is 8.79. The van der Waals surface area contributed by atoms with Gasteiger partial charge in [-0.05, 0) is 24.3 Å². The largest absolute Gasteiger partial charge is 0.245 e. The highest BCUT2D eigenvalue weighted by Crippen LogP contribution is 2.22. The van der Waals surface area contributed by atoms with E-state index in [0.29, 0.717) is 10.6 Å². The van der Waals surface area contributed by atoms with Crippen LogP contribution in [0.2, 0.25) is 5.02 Å². The molecule has 2 aromatic rings. The summed E-state index contributed by atoms with van der Waals surface area (Å²) in [6, 6.07) is 8.95. The number of benzene rings is 1. The Hall–Kier alpha value is -1.92. The number of nitrogens with zero attached hydrogens (tertiary/aromatic N) is 3. The van der Waals surface area contributed by atoms with Crippen molar-refractivity contribution >= 4 is 11.6 Å². The van der Waals surface area contributed by atoms with Crippen LogP contribution in [0.3, 0.4) is 0 Å². The van der Waals surface area contributed by atoms with E-state index in [1.54, 1.807) is 30.5 Å². The second-order valence-corrected chi connectivity index (χ2v) is 3.37. The molecular formula is C11H6ClN3. The van der Waals surface area contributed by atoms with Gasteiger partial charge in [0.25, 0.3) is 0 Å². The van der Waals surface area contributed by atoms with Crippen LogP contribution in [-0.4, -0.2) is 9.97 Å². The van der Waals surface area contributed by atoms with Crippen LogP contribution in [0.5, 0.6) is 0 Å². The number of hydrogen-bond donors (Lipinski definition) is 0. The first-order valence-electron chi connectivity index (χ1n) is 4.26. The first-order chi connectivity index (χ1) is 7.29. The Labute approximate surface area is 92.0 Å². The SMILES string of the molecule is N#Cc1cc(Cl)cc(-c2ccncn2)c1. The van der Waals surface area contributed by atoms with E-state index in [0.717, 1.165) is 11.3 Å². The van der Waals surface area contributed by atoms with Gasteiger partial charge in [0.2, 0.25) is 0 Å². The number of hydrogen-bond acceptors (Lipinski definition) is 3. The summed E-state index contributed by atoms with van der Waals surface area (Å²) in [6.07, 6.45) is 3.11. The molecule has 0 aliphatic carbocycles. The molecule has 0 aliphatic rings. The van der Waals surface area contributed by atoms with Crippen LogP contribution >= 0.6 is 11.6 Å². The van der Waals surface area contributed by atoms with Gasteiger partial charge in [0.1, 0.15) is 6.33 Å². The summed E-state index contributed by atoms with van der Waals surface area (Å²) < 4.78 is 0. The van der Waals surface area contributed by atoms with E-state index in [2.05, 4.69) is 16.0 Å². The van der Waals surface area contributed by atoms with E-state index in [4.69, 9.17) is 16.9 Å². The van der Waals surface area contributed by atoms with Crippen LogP contribution in [0.15, 0.2) is 36.8 Å². The maximum absolute atomic E-state index is 8.79. The average Bonchev–Trinajstić information content (AvgIpc) is 2.29. The predicted molar refractivity (Wildman–Crippen MR) is 57.2 cm³/mol. The van der Waals surface area contributed by atoms with Gasteiger partial charge in [-0.3, -0.25) is 0 Å². The highest BCUT2D eigenvalue weighted by molar-refractivity contribution is 6.31. The molecule has 3 nitrogen and oxygen atoms in total. The molecule has 0 bridgehead atoms. The zero-order valence-electron chi connectivity index (χ0n) is 7.68. The Balaban J connectivity index is 2.55. The van der Waals surface area contributed by atoms with Crippen LogP contribution in [0.4, 0.5) is 0 Å². The molecule has 0 aliphatic heterocycles. The van der Waals surface area contributed by atoms with Gasteiger partial charge in [0, 0.05) is 16.8 Å². The summed E-state index contributed by atoms with van der Waals surface area (Å²) in [5.74, 6) is 0. The topological polar surface area (TPSA) is 49.6 Å². The minimum Gasteiger partial charge on any atom is -0.245 e. The number of halogens is 1. The van der Waals surface area contributed by atoms with E-state index in [-0.39, 0.29) is 0 Å². The second kappa shape index (κ2) is 4.07. The molecule has 0 fully saturated rings. The fourth-order valence-electron chi connectivity index (χ4n) is 1.26. The Kier molecular flexibility index (Phi) is 2.61. The molecule has 72 valence electrons. The van der Waals surface area contributed by atoms with Gasteiger partial charge in [0.05, 0.1) is 17.3 Å². The van der Waals surface area contributed by atoms with Crippen LogP contribution < -0.4 is 0 Å². The lowest BCUT2D eigenvalue weighted by atomic mass is 10.1. The van der Waals surface area contributed by atoms with Crippen molar-refractivity contribution in [2.75, 3.05) is 0 Å². The van der Waals surface area contributed by atoms with Crippen LogP contribution in [0.25, 0.3) is 11.3 Å². The lowest BCUT2D eigenvalue weighted by molar-refractivity contribution is 1.17. The number of rotatable bonds is 1. The van der Waals surface area contributed by atoms with Crippen molar-refractivity contribution < 1.29 is 0 Å². The van der Waals surface area contributed by atoms with Crippen molar-refractivity contribution in [2.45, 2.75) is 0 Å². The van der Waals surface area contributed by atoms with Crippen LogP contribution in [0, 0.1) is 11.3 Å². The highest BCUT2D eigenvalue weighted by Gasteiger charge is 2.02. The van der Waals surface area contributed by atoms with Gasteiger partial charge in [-0.2, -0.15) is 5.26 Å². The molecule has 15 heavy (non-hydrogen) atoms. The third-order valence-electron chi connectivity index (χ3n) is 1.90. The van der Waals surface area contributed by atoms with E-state index in [1.807, 2.05) is 0 Å². The number of aromatic nitrogens is 2. The maximum Gasteiger partial charge on any atom is 0.116 e. The van der Waals surface area contributed by atoms with Gasteiger partial charge < -0.3 is 0 Å². The van der Waals surface area contributed by atoms with Crippen LogP contribution in [0.1, 0.15) is 5.56 Å². The first-order valence-corrected chi connectivity index (χ1v) is 4.64. The first kappa shape index (κ1) is 9.63. The third-order valence-corrected chi connectivity index (χ3v) is 2.12. The molecule has 0 unspecified atom stereocenters. The van der Waals surface area contributed by atoms with Crippen molar-refractivity contribution in [1.82, 2.24) is 9.97 Å². The van der Waals surface area contributed by atoms with Crippen molar-refractivity contribution in [3.05, 3.63) is 47.4 Å². The lowest BCUT2D eigenvalue weighted by Gasteiger charge is -2.01. The third kappa shape index (κ3) is 2.12. The quantitative estimate of drug-likeness (QED) is 0.735. The van der Waals surface area contributed by atoms with Gasteiger partial charge in [-0.1, -0.05) is 11.6 Å². The molecule has 0 atom stereocenters. The van der Waals surface area contributed by atoms with Crippen molar-refractivity contribution in [1.29, 1.82) is 5.26 Å². The summed E-state index contributed by atoms with van der Waals surface area (Å²) >= 11 is 5.88. The molecular weight excluding hydrogens is 210 g/mol. The minimum absolute atomic E-state index is 0.524. The van der Waals surface area contributed by atoms with Gasteiger partial charge in [-0.15, -0.1) is 0 Å². The van der Waals surface area contributed by atoms with Gasteiger partial charge >= 0.3 is 0 Å². The Bertz CT molecular complexity index is 517. The average molecular weight is 216 g/mol. The van der Waals surface area contributed by atoms with E-state index in [9.17, 15) is 0 Å². The Morgan fingerprint density at radius 1 is 1.27 bits per heavy atom. The summed E-state index contributed by atoms with van der Waals surface area (Å²) in [5, 5.41) is 9.32. The fourth-order valence-corrected chi connectivity index (χ4v) is 1.50. The molecule has 0 N–H and O–H groups in total. The smallest absolute Gasteiger partial charge is 0.116 e. The second-order valence-electron chi connectivity index (χ2n) is 2.94. The molecule has 0 radical (unpaired) electrons. The Morgan fingerprint density at radius 3 is 2.80 bits per heavy atom. The summed E-state index contributed by atoms with van der Waals surface area (Å²) in [5.41, 5.74) is 2.10. The number of nitriles is 1. The molecule has 1 aromatic heterocycles. The van der Waals surface area contributed by atoms with Gasteiger partial charge in [0.15, 0.2) is 0 Å². The van der Waals surface area contributed by atoms with Crippen molar-refractivity contribution in [2.24, 2.45) is 0 Å².